The van der Waals surface area contributed by atoms with E-state index in [0.717, 1.165) is 17.9 Å². The second-order valence-electron chi connectivity index (χ2n) is 4.28. The van der Waals surface area contributed by atoms with Crippen molar-refractivity contribution in [1.82, 2.24) is 9.29 Å². The van der Waals surface area contributed by atoms with Gasteiger partial charge in [0.1, 0.15) is 9.88 Å². The minimum atomic E-state index is -3.49. The molecule has 0 saturated carbocycles. The lowest BCUT2D eigenvalue weighted by atomic mass is 10.3. The van der Waals surface area contributed by atoms with Crippen LogP contribution in [0.1, 0.15) is 12.1 Å². The molecule has 8 heteroatoms. The van der Waals surface area contributed by atoms with Crippen LogP contribution in [0.2, 0.25) is 0 Å². The molecule has 0 radical (unpaired) electrons. The van der Waals surface area contributed by atoms with Crippen LogP contribution in [0, 0.1) is 0 Å². The summed E-state index contributed by atoms with van der Waals surface area (Å²) in [5.74, 6) is 1.84. The van der Waals surface area contributed by atoms with Crippen molar-refractivity contribution in [3.05, 3.63) is 24.0 Å². The van der Waals surface area contributed by atoms with E-state index in [1.807, 2.05) is 0 Å². The monoisotopic (exact) mass is 317 g/mol. The van der Waals surface area contributed by atoms with Crippen LogP contribution in [0.4, 0.5) is 0 Å². The number of nitrogens with two attached hydrogens (primary N) is 1. The van der Waals surface area contributed by atoms with E-state index in [4.69, 9.17) is 18.0 Å². The number of rotatable bonds is 4. The predicted molar refractivity (Wildman–Crippen MR) is 80.8 cm³/mol. The van der Waals surface area contributed by atoms with Crippen LogP contribution in [-0.2, 0) is 10.0 Å². The Morgan fingerprint density at radius 3 is 2.79 bits per heavy atom. The molecule has 5 nitrogen and oxygen atoms in total. The average Bonchev–Trinajstić information content (AvgIpc) is 2.91. The third-order valence-electron chi connectivity index (χ3n) is 3.09. The van der Waals surface area contributed by atoms with Gasteiger partial charge in [0, 0.05) is 25.0 Å². The van der Waals surface area contributed by atoms with Gasteiger partial charge in [0.15, 0.2) is 0 Å². The molecule has 104 valence electrons. The van der Waals surface area contributed by atoms with Gasteiger partial charge in [0.2, 0.25) is 10.0 Å². The van der Waals surface area contributed by atoms with Crippen LogP contribution in [0.3, 0.4) is 0 Å². The van der Waals surface area contributed by atoms with Gasteiger partial charge in [-0.2, -0.15) is 16.1 Å². The number of nitrogens with zero attached hydrogens (tertiary/aromatic N) is 2. The van der Waals surface area contributed by atoms with E-state index in [1.165, 1.54) is 22.6 Å². The number of pyridine rings is 1. The van der Waals surface area contributed by atoms with E-state index in [2.05, 4.69) is 4.98 Å². The summed E-state index contributed by atoms with van der Waals surface area (Å²) in [6.07, 6.45) is 2.20. The topological polar surface area (TPSA) is 76.3 Å². The van der Waals surface area contributed by atoms with Gasteiger partial charge >= 0.3 is 0 Å². The molecule has 2 N–H and O–H groups in total. The van der Waals surface area contributed by atoms with Crippen molar-refractivity contribution in [3.8, 4) is 0 Å². The number of thiocarbonyl (C=S) groups is 1. The van der Waals surface area contributed by atoms with Gasteiger partial charge in [-0.25, -0.2) is 8.42 Å². The zero-order valence-electron chi connectivity index (χ0n) is 10.4. The zero-order valence-corrected chi connectivity index (χ0v) is 12.9. The predicted octanol–water partition coefficient (Wildman–Crippen LogP) is 0.842. The van der Waals surface area contributed by atoms with Gasteiger partial charge in [-0.15, -0.1) is 0 Å². The molecular formula is C11H15N3O2S3. The highest BCUT2D eigenvalue weighted by Gasteiger charge is 2.30. The maximum absolute atomic E-state index is 12.4. The SMILES string of the molecule is CN(C1CCSC1)S(=O)(=O)c1ccc(C(N)=S)nc1. The quantitative estimate of drug-likeness (QED) is 0.830. The molecule has 1 aliphatic heterocycles. The first-order chi connectivity index (χ1) is 8.93. The zero-order chi connectivity index (χ0) is 14.0. The molecule has 0 aromatic carbocycles. The van der Waals surface area contributed by atoms with Crippen molar-refractivity contribution in [2.24, 2.45) is 5.73 Å². The number of hydrogen-bond acceptors (Lipinski definition) is 5. The van der Waals surface area contributed by atoms with E-state index < -0.39 is 10.0 Å². The first kappa shape index (κ1) is 14.7. The second-order valence-corrected chi connectivity index (χ2v) is 7.87. The summed E-state index contributed by atoms with van der Waals surface area (Å²) < 4.78 is 26.3. The fourth-order valence-electron chi connectivity index (χ4n) is 1.85. The minimum Gasteiger partial charge on any atom is -0.388 e. The molecule has 0 bridgehead atoms. The fraction of sp³-hybridized carbons (Fsp3) is 0.455. The molecule has 2 heterocycles. The van der Waals surface area contributed by atoms with Crippen LogP contribution < -0.4 is 5.73 Å². The number of thioether (sulfide) groups is 1. The highest BCUT2D eigenvalue weighted by molar-refractivity contribution is 7.99. The Kier molecular flexibility index (Phi) is 4.44. The number of sulfonamides is 1. The average molecular weight is 317 g/mol. The Balaban J connectivity index is 2.25. The summed E-state index contributed by atoms with van der Waals surface area (Å²) in [6, 6.07) is 3.09. The van der Waals surface area contributed by atoms with Crippen LogP contribution in [-0.4, -0.2) is 47.3 Å². The summed E-state index contributed by atoms with van der Waals surface area (Å²) in [4.78, 5) is 4.31. The summed E-state index contributed by atoms with van der Waals surface area (Å²) in [5, 5.41) is 0. The Morgan fingerprint density at radius 2 is 2.32 bits per heavy atom. The standard InChI is InChI=1S/C11H15N3O2S3/c1-14(8-4-5-18-7-8)19(15,16)9-2-3-10(11(12)17)13-6-9/h2-3,6,8H,4-5,7H2,1H3,(H2,12,17). The lowest BCUT2D eigenvalue weighted by Crippen LogP contribution is -2.37. The van der Waals surface area contributed by atoms with Crippen LogP contribution in [0.5, 0.6) is 0 Å². The molecular weight excluding hydrogens is 302 g/mol. The highest BCUT2D eigenvalue weighted by atomic mass is 32.2. The summed E-state index contributed by atoms with van der Waals surface area (Å²) >= 11 is 6.56. The lowest BCUT2D eigenvalue weighted by Gasteiger charge is -2.22. The van der Waals surface area contributed by atoms with E-state index in [-0.39, 0.29) is 15.9 Å². The minimum absolute atomic E-state index is 0.0604. The first-order valence-corrected chi connectivity index (χ1v) is 8.75. The van der Waals surface area contributed by atoms with Crippen molar-refractivity contribution in [1.29, 1.82) is 0 Å². The summed E-state index contributed by atoms with van der Waals surface area (Å²) in [5.41, 5.74) is 5.86. The van der Waals surface area contributed by atoms with Crippen molar-refractivity contribution < 1.29 is 8.42 Å². The van der Waals surface area contributed by atoms with Crippen LogP contribution in [0.15, 0.2) is 23.2 Å². The molecule has 1 aromatic heterocycles. The van der Waals surface area contributed by atoms with E-state index >= 15 is 0 Å². The van der Waals surface area contributed by atoms with Crippen molar-refractivity contribution in [2.45, 2.75) is 17.4 Å². The van der Waals surface area contributed by atoms with Crippen molar-refractivity contribution >= 4 is 39.0 Å². The molecule has 1 unspecified atom stereocenters. The third-order valence-corrected chi connectivity index (χ3v) is 6.33. The maximum atomic E-state index is 12.4. The molecule has 1 aliphatic rings. The van der Waals surface area contributed by atoms with Crippen molar-refractivity contribution in [2.75, 3.05) is 18.6 Å². The molecule has 19 heavy (non-hydrogen) atoms. The van der Waals surface area contributed by atoms with Crippen molar-refractivity contribution in [3.63, 3.8) is 0 Å². The number of hydrogen-bond donors (Lipinski definition) is 1. The molecule has 1 fully saturated rings. The maximum Gasteiger partial charge on any atom is 0.244 e. The molecule has 2 rings (SSSR count). The van der Waals surface area contributed by atoms with Crippen LogP contribution in [0.25, 0.3) is 0 Å². The lowest BCUT2D eigenvalue weighted by molar-refractivity contribution is 0.394. The summed E-state index contributed by atoms with van der Waals surface area (Å²) in [6.45, 7) is 0. The molecule has 0 aliphatic carbocycles. The second kappa shape index (κ2) is 5.74. The van der Waals surface area contributed by atoms with Gasteiger partial charge < -0.3 is 5.73 Å². The van der Waals surface area contributed by atoms with Gasteiger partial charge in [-0.1, -0.05) is 12.2 Å². The Labute approximate surface area is 122 Å². The Hall–Kier alpha value is -0.700. The smallest absolute Gasteiger partial charge is 0.244 e. The van der Waals surface area contributed by atoms with E-state index in [1.54, 1.807) is 18.8 Å². The first-order valence-electron chi connectivity index (χ1n) is 5.74. The van der Waals surface area contributed by atoms with Gasteiger partial charge in [0.25, 0.3) is 0 Å². The molecule has 1 saturated heterocycles. The van der Waals surface area contributed by atoms with E-state index in [9.17, 15) is 8.42 Å². The fourth-order valence-corrected chi connectivity index (χ4v) is 4.66. The molecule has 1 atom stereocenters. The van der Waals surface area contributed by atoms with Gasteiger partial charge in [-0.05, 0) is 24.3 Å². The third kappa shape index (κ3) is 3.07. The molecule has 0 spiro atoms. The van der Waals surface area contributed by atoms with E-state index in [0.29, 0.717) is 5.69 Å². The van der Waals surface area contributed by atoms with Gasteiger partial charge in [-0.3, -0.25) is 4.98 Å². The Morgan fingerprint density at radius 1 is 1.58 bits per heavy atom. The normalized spacial score (nSPS) is 19.8. The molecule has 0 amide bonds. The summed E-state index contributed by atoms with van der Waals surface area (Å²) in [7, 11) is -1.87. The number of aromatic nitrogens is 1. The molecule has 1 aromatic rings. The highest BCUT2D eigenvalue weighted by Crippen LogP contribution is 2.25. The van der Waals surface area contributed by atoms with Gasteiger partial charge in [0.05, 0.1) is 5.69 Å². The van der Waals surface area contributed by atoms with Crippen LogP contribution >= 0.6 is 24.0 Å². The Bertz CT molecular complexity index is 565. The largest absolute Gasteiger partial charge is 0.388 e.